The summed E-state index contributed by atoms with van der Waals surface area (Å²) in [6.07, 6.45) is 0. The van der Waals surface area contributed by atoms with Crippen LogP contribution in [0.2, 0.25) is 5.02 Å². The Balaban J connectivity index is 2.69. The van der Waals surface area contributed by atoms with Gasteiger partial charge in [-0.15, -0.1) is 0 Å². The molecule has 1 heterocycles. The first kappa shape index (κ1) is 13.8. The lowest BCUT2D eigenvalue weighted by atomic mass is 10.1. The summed E-state index contributed by atoms with van der Waals surface area (Å²) in [6.45, 7) is 5.21. The first-order valence-corrected chi connectivity index (χ1v) is 6.38. The topological polar surface area (TPSA) is 59.0 Å². The minimum atomic E-state index is -1.11. The third-order valence-electron chi connectivity index (χ3n) is 3.10. The van der Waals surface area contributed by atoms with E-state index in [1.165, 1.54) is 7.11 Å². The lowest BCUT2D eigenvalue weighted by Crippen LogP contribution is -2.38. The highest BCUT2D eigenvalue weighted by atomic mass is 35.5. The van der Waals surface area contributed by atoms with E-state index in [0.717, 1.165) is 0 Å². The van der Waals surface area contributed by atoms with E-state index >= 15 is 0 Å². The molecule has 1 aromatic carbocycles. The Kier molecular flexibility index (Phi) is 3.75. The molecule has 0 aliphatic carbocycles. The molecule has 0 fully saturated rings. The standard InChI is InChI=1S/C13H16ClNO4/c1-7(2)15-4-5-19-12-9(15)6-8(14)11(18-3)10(12)13(16)17/h6-7H,4-5H2,1-3H3,(H,16,17). The molecule has 0 atom stereocenters. The van der Waals surface area contributed by atoms with Gasteiger partial charge in [0.1, 0.15) is 12.2 Å². The van der Waals surface area contributed by atoms with Crippen LogP contribution in [0.3, 0.4) is 0 Å². The number of benzene rings is 1. The summed E-state index contributed by atoms with van der Waals surface area (Å²) in [5.74, 6) is -0.645. The Morgan fingerprint density at radius 1 is 1.58 bits per heavy atom. The zero-order valence-electron chi connectivity index (χ0n) is 11.1. The van der Waals surface area contributed by atoms with E-state index in [4.69, 9.17) is 21.1 Å². The van der Waals surface area contributed by atoms with Gasteiger partial charge < -0.3 is 19.5 Å². The van der Waals surface area contributed by atoms with Gasteiger partial charge >= 0.3 is 5.97 Å². The van der Waals surface area contributed by atoms with Crippen molar-refractivity contribution < 1.29 is 19.4 Å². The molecule has 0 saturated carbocycles. The first-order chi connectivity index (χ1) is 8.97. The van der Waals surface area contributed by atoms with E-state index in [2.05, 4.69) is 4.90 Å². The number of hydrogen-bond donors (Lipinski definition) is 1. The van der Waals surface area contributed by atoms with Crippen molar-refractivity contribution >= 4 is 23.3 Å². The summed E-state index contributed by atoms with van der Waals surface area (Å²) >= 11 is 6.11. The van der Waals surface area contributed by atoms with Crippen LogP contribution in [0.5, 0.6) is 11.5 Å². The summed E-state index contributed by atoms with van der Waals surface area (Å²) in [7, 11) is 1.39. The molecule has 1 N–H and O–H groups in total. The van der Waals surface area contributed by atoms with Gasteiger partial charge in [0.05, 0.1) is 24.4 Å². The minimum Gasteiger partial charge on any atom is -0.494 e. The maximum absolute atomic E-state index is 11.4. The average molecular weight is 286 g/mol. The highest BCUT2D eigenvalue weighted by Crippen LogP contribution is 2.45. The van der Waals surface area contributed by atoms with E-state index in [1.807, 2.05) is 13.8 Å². The predicted molar refractivity (Wildman–Crippen MR) is 72.9 cm³/mol. The predicted octanol–water partition coefficient (Wildman–Crippen LogP) is 2.65. The minimum absolute atomic E-state index is 0.0182. The van der Waals surface area contributed by atoms with Crippen LogP contribution in [0.4, 0.5) is 5.69 Å². The third-order valence-corrected chi connectivity index (χ3v) is 3.38. The molecule has 104 valence electrons. The van der Waals surface area contributed by atoms with Crippen molar-refractivity contribution in [3.8, 4) is 11.5 Å². The summed E-state index contributed by atoms with van der Waals surface area (Å²) in [6, 6.07) is 1.93. The second kappa shape index (κ2) is 5.17. The van der Waals surface area contributed by atoms with Gasteiger partial charge in [0.2, 0.25) is 0 Å². The molecule has 0 unspecified atom stereocenters. The van der Waals surface area contributed by atoms with Crippen LogP contribution < -0.4 is 14.4 Å². The number of fused-ring (bicyclic) bond motifs is 1. The SMILES string of the molecule is COc1c(Cl)cc2c(c1C(=O)O)OCCN2C(C)C. The Labute approximate surface area is 116 Å². The summed E-state index contributed by atoms with van der Waals surface area (Å²) in [5.41, 5.74) is 0.680. The van der Waals surface area contributed by atoms with E-state index in [1.54, 1.807) is 6.07 Å². The van der Waals surface area contributed by atoms with Crippen molar-refractivity contribution in [3.63, 3.8) is 0 Å². The molecule has 1 aromatic rings. The third kappa shape index (κ3) is 2.30. The molecule has 0 radical (unpaired) electrons. The van der Waals surface area contributed by atoms with Gasteiger partial charge in [-0.1, -0.05) is 11.6 Å². The number of hydrogen-bond acceptors (Lipinski definition) is 4. The van der Waals surface area contributed by atoms with E-state index < -0.39 is 5.97 Å². The Morgan fingerprint density at radius 3 is 2.79 bits per heavy atom. The van der Waals surface area contributed by atoms with Crippen molar-refractivity contribution in [2.45, 2.75) is 19.9 Å². The number of carbonyl (C=O) groups is 1. The molecule has 1 aliphatic rings. The van der Waals surface area contributed by atoms with Gasteiger partial charge in [-0.2, -0.15) is 0 Å². The van der Waals surface area contributed by atoms with Gasteiger partial charge in [0, 0.05) is 6.04 Å². The molecular formula is C13H16ClNO4. The van der Waals surface area contributed by atoms with Crippen LogP contribution in [-0.4, -0.2) is 37.4 Å². The van der Waals surface area contributed by atoms with Crippen LogP contribution in [0.1, 0.15) is 24.2 Å². The number of carboxylic acids is 1. The lowest BCUT2D eigenvalue weighted by molar-refractivity contribution is 0.0688. The van der Waals surface area contributed by atoms with E-state index in [9.17, 15) is 9.90 Å². The average Bonchev–Trinajstić information content (AvgIpc) is 2.35. The van der Waals surface area contributed by atoms with Crippen molar-refractivity contribution in [2.75, 3.05) is 25.2 Å². The Hall–Kier alpha value is -1.62. The van der Waals surface area contributed by atoms with Crippen molar-refractivity contribution in [3.05, 3.63) is 16.7 Å². The number of nitrogens with zero attached hydrogens (tertiary/aromatic N) is 1. The van der Waals surface area contributed by atoms with Gasteiger partial charge in [-0.3, -0.25) is 0 Å². The number of rotatable bonds is 3. The van der Waals surface area contributed by atoms with E-state index in [0.29, 0.717) is 24.6 Å². The molecule has 1 aliphatic heterocycles. The Morgan fingerprint density at radius 2 is 2.26 bits per heavy atom. The number of carboxylic acid groups (broad SMARTS) is 1. The summed E-state index contributed by atoms with van der Waals surface area (Å²) in [5, 5.41) is 9.64. The van der Waals surface area contributed by atoms with Gasteiger partial charge in [0.15, 0.2) is 11.5 Å². The highest BCUT2D eigenvalue weighted by Gasteiger charge is 2.30. The maximum Gasteiger partial charge on any atom is 0.343 e. The van der Waals surface area contributed by atoms with Gasteiger partial charge in [0.25, 0.3) is 0 Å². The molecule has 0 spiro atoms. The van der Waals surface area contributed by atoms with Crippen LogP contribution >= 0.6 is 11.6 Å². The second-order valence-corrected chi connectivity index (χ2v) is 4.96. The molecule has 2 rings (SSSR count). The molecule has 0 saturated heterocycles. The molecule has 0 bridgehead atoms. The molecule has 6 heteroatoms. The fourth-order valence-electron chi connectivity index (χ4n) is 2.26. The normalized spacial score (nSPS) is 14.1. The largest absolute Gasteiger partial charge is 0.494 e. The fraction of sp³-hybridized carbons (Fsp3) is 0.462. The molecule has 0 aromatic heterocycles. The first-order valence-electron chi connectivity index (χ1n) is 6.00. The fourth-order valence-corrected chi connectivity index (χ4v) is 2.53. The highest BCUT2D eigenvalue weighted by molar-refractivity contribution is 6.33. The smallest absolute Gasteiger partial charge is 0.343 e. The maximum atomic E-state index is 11.4. The van der Waals surface area contributed by atoms with Crippen molar-refractivity contribution in [1.82, 2.24) is 0 Å². The number of aromatic carboxylic acids is 1. The number of anilines is 1. The van der Waals surface area contributed by atoms with Gasteiger partial charge in [-0.25, -0.2) is 4.79 Å². The number of methoxy groups -OCH3 is 1. The summed E-state index contributed by atoms with van der Waals surface area (Å²) < 4.78 is 10.6. The van der Waals surface area contributed by atoms with Crippen molar-refractivity contribution in [2.24, 2.45) is 0 Å². The molecular weight excluding hydrogens is 270 g/mol. The quantitative estimate of drug-likeness (QED) is 0.925. The summed E-state index contributed by atoms with van der Waals surface area (Å²) in [4.78, 5) is 13.5. The zero-order chi connectivity index (χ0) is 14.2. The van der Waals surface area contributed by atoms with Crippen LogP contribution in [0.25, 0.3) is 0 Å². The van der Waals surface area contributed by atoms with Gasteiger partial charge in [-0.05, 0) is 19.9 Å². The van der Waals surface area contributed by atoms with Crippen LogP contribution in [-0.2, 0) is 0 Å². The zero-order valence-corrected chi connectivity index (χ0v) is 11.8. The molecule has 0 amide bonds. The number of halogens is 1. The van der Waals surface area contributed by atoms with E-state index in [-0.39, 0.29) is 22.4 Å². The monoisotopic (exact) mass is 285 g/mol. The lowest BCUT2D eigenvalue weighted by Gasteiger charge is -2.35. The van der Waals surface area contributed by atoms with Crippen LogP contribution in [0, 0.1) is 0 Å². The molecule has 5 nitrogen and oxygen atoms in total. The number of ether oxygens (including phenoxy) is 2. The second-order valence-electron chi connectivity index (χ2n) is 4.56. The Bertz CT molecular complexity index is 516. The van der Waals surface area contributed by atoms with Crippen LogP contribution in [0.15, 0.2) is 6.07 Å². The van der Waals surface area contributed by atoms with Crippen molar-refractivity contribution in [1.29, 1.82) is 0 Å². The molecule has 19 heavy (non-hydrogen) atoms.